The first-order chi connectivity index (χ1) is 7.48. The van der Waals surface area contributed by atoms with Gasteiger partial charge in [-0.3, -0.25) is 0 Å². The Hall–Kier alpha value is 0.140. The molecular formula is C13H20BrNS. The molecule has 2 rings (SSSR count). The van der Waals surface area contributed by atoms with Crippen LogP contribution in [0.4, 0.5) is 0 Å². The molecule has 0 aliphatic heterocycles. The van der Waals surface area contributed by atoms with Crippen LogP contribution in [0.25, 0.3) is 0 Å². The van der Waals surface area contributed by atoms with Gasteiger partial charge in [-0.25, -0.2) is 0 Å². The van der Waals surface area contributed by atoms with E-state index in [2.05, 4.69) is 41.9 Å². The van der Waals surface area contributed by atoms with E-state index in [0.29, 0.717) is 0 Å². The van der Waals surface area contributed by atoms with E-state index in [9.17, 15) is 0 Å². The minimum atomic E-state index is 0.0379. The fraction of sp³-hybridized carbons (Fsp3) is 0.692. The average Bonchev–Trinajstić information content (AvgIpc) is 2.58. The van der Waals surface area contributed by atoms with Crippen molar-refractivity contribution < 1.29 is 0 Å². The van der Waals surface area contributed by atoms with E-state index in [1.807, 2.05) is 11.3 Å². The smallest absolute Gasteiger partial charge is 0.0701 e. The Labute approximate surface area is 111 Å². The molecular weight excluding hydrogens is 282 g/mol. The van der Waals surface area contributed by atoms with E-state index < -0.39 is 0 Å². The third-order valence-electron chi connectivity index (χ3n) is 3.95. The van der Waals surface area contributed by atoms with Crippen LogP contribution in [0.15, 0.2) is 15.9 Å². The van der Waals surface area contributed by atoms with Crippen LogP contribution in [-0.2, 0) is 6.42 Å². The number of hydrogen-bond acceptors (Lipinski definition) is 2. The summed E-state index contributed by atoms with van der Waals surface area (Å²) in [7, 11) is 0. The fourth-order valence-electron chi connectivity index (χ4n) is 2.70. The summed E-state index contributed by atoms with van der Waals surface area (Å²) in [5.74, 6) is 1.61. The highest BCUT2D eigenvalue weighted by Gasteiger charge is 2.34. The van der Waals surface area contributed by atoms with E-state index >= 15 is 0 Å². The van der Waals surface area contributed by atoms with Gasteiger partial charge in [-0.1, -0.05) is 13.8 Å². The van der Waals surface area contributed by atoms with Gasteiger partial charge in [0.15, 0.2) is 0 Å². The minimum absolute atomic E-state index is 0.0379. The van der Waals surface area contributed by atoms with Crippen molar-refractivity contribution in [3.8, 4) is 0 Å². The van der Waals surface area contributed by atoms with Gasteiger partial charge in [-0.2, -0.15) is 0 Å². The Balaban J connectivity index is 2.03. The van der Waals surface area contributed by atoms with E-state index in [-0.39, 0.29) is 5.54 Å². The SMILES string of the molecule is CC1CCC(N)(Cc2ccc(Br)s2)CC1C. The molecule has 2 N–H and O–H groups in total. The number of hydrogen-bond donors (Lipinski definition) is 1. The number of nitrogens with two attached hydrogens (primary N) is 1. The lowest BCUT2D eigenvalue weighted by Gasteiger charge is -2.40. The number of thiophene rings is 1. The first-order valence-corrected chi connectivity index (χ1v) is 7.62. The lowest BCUT2D eigenvalue weighted by atomic mass is 9.70. The maximum Gasteiger partial charge on any atom is 0.0701 e. The zero-order valence-corrected chi connectivity index (χ0v) is 12.4. The van der Waals surface area contributed by atoms with Crippen LogP contribution in [0.5, 0.6) is 0 Å². The topological polar surface area (TPSA) is 26.0 Å². The summed E-state index contributed by atoms with van der Waals surface area (Å²) < 4.78 is 1.21. The monoisotopic (exact) mass is 301 g/mol. The molecule has 16 heavy (non-hydrogen) atoms. The molecule has 1 fully saturated rings. The van der Waals surface area contributed by atoms with Crippen molar-refractivity contribution in [1.82, 2.24) is 0 Å². The quantitative estimate of drug-likeness (QED) is 0.870. The molecule has 1 nitrogen and oxygen atoms in total. The Bertz CT molecular complexity index is 363. The lowest BCUT2D eigenvalue weighted by Crippen LogP contribution is -2.47. The Kier molecular flexibility index (Phi) is 3.77. The summed E-state index contributed by atoms with van der Waals surface area (Å²) in [6, 6.07) is 4.32. The van der Waals surface area contributed by atoms with Gasteiger partial charge in [0.05, 0.1) is 3.79 Å². The highest BCUT2D eigenvalue weighted by molar-refractivity contribution is 9.11. The summed E-state index contributed by atoms with van der Waals surface area (Å²) in [5, 5.41) is 0. The standard InChI is InChI=1S/C13H20BrNS/c1-9-5-6-13(15,7-10(9)2)8-11-3-4-12(14)16-11/h3-4,9-10H,5-8,15H2,1-2H3. The predicted molar refractivity (Wildman–Crippen MR) is 74.8 cm³/mol. The highest BCUT2D eigenvalue weighted by atomic mass is 79.9. The van der Waals surface area contributed by atoms with Crippen molar-refractivity contribution in [1.29, 1.82) is 0 Å². The van der Waals surface area contributed by atoms with Gasteiger partial charge in [-0.15, -0.1) is 11.3 Å². The highest BCUT2D eigenvalue weighted by Crippen LogP contribution is 2.37. The van der Waals surface area contributed by atoms with Gasteiger partial charge in [0.2, 0.25) is 0 Å². The molecule has 1 saturated carbocycles. The maximum absolute atomic E-state index is 6.54. The van der Waals surface area contributed by atoms with Crippen LogP contribution in [0.2, 0.25) is 0 Å². The van der Waals surface area contributed by atoms with Crippen molar-refractivity contribution in [2.45, 2.75) is 45.1 Å². The zero-order chi connectivity index (χ0) is 11.8. The molecule has 1 aliphatic carbocycles. The molecule has 0 spiro atoms. The third-order valence-corrected chi connectivity index (χ3v) is 5.58. The minimum Gasteiger partial charge on any atom is -0.325 e. The first-order valence-electron chi connectivity index (χ1n) is 6.02. The molecule has 1 heterocycles. The molecule has 0 aromatic carbocycles. The van der Waals surface area contributed by atoms with Crippen LogP contribution in [-0.4, -0.2) is 5.54 Å². The van der Waals surface area contributed by atoms with E-state index in [1.54, 1.807) is 0 Å². The fourth-order valence-corrected chi connectivity index (χ4v) is 4.34. The summed E-state index contributed by atoms with van der Waals surface area (Å²) >= 11 is 5.33. The molecule has 3 heteroatoms. The van der Waals surface area contributed by atoms with Gasteiger partial charge in [0.25, 0.3) is 0 Å². The molecule has 1 aromatic heterocycles. The second-order valence-corrected chi connectivity index (χ2v) is 7.99. The average molecular weight is 302 g/mol. The summed E-state index contributed by atoms with van der Waals surface area (Å²) in [4.78, 5) is 1.41. The molecule has 3 unspecified atom stereocenters. The van der Waals surface area contributed by atoms with Gasteiger partial charge in [-0.05, 0) is 65.6 Å². The van der Waals surface area contributed by atoms with Gasteiger partial charge < -0.3 is 5.73 Å². The van der Waals surface area contributed by atoms with Gasteiger partial charge in [0, 0.05) is 10.4 Å². The molecule has 3 atom stereocenters. The molecule has 0 amide bonds. The summed E-state index contributed by atoms with van der Waals surface area (Å²) in [5.41, 5.74) is 6.58. The number of rotatable bonds is 2. The number of halogens is 1. The first kappa shape index (κ1) is 12.6. The van der Waals surface area contributed by atoms with E-state index in [0.717, 1.165) is 18.3 Å². The molecule has 1 aliphatic rings. The zero-order valence-electron chi connectivity index (χ0n) is 10.0. The molecule has 0 bridgehead atoms. The van der Waals surface area contributed by atoms with Crippen molar-refractivity contribution in [3.05, 3.63) is 20.8 Å². The largest absolute Gasteiger partial charge is 0.325 e. The lowest BCUT2D eigenvalue weighted by molar-refractivity contribution is 0.176. The Morgan fingerprint density at radius 1 is 1.44 bits per heavy atom. The van der Waals surface area contributed by atoms with E-state index in [1.165, 1.54) is 27.9 Å². The van der Waals surface area contributed by atoms with E-state index in [4.69, 9.17) is 5.73 Å². The molecule has 1 aromatic rings. The summed E-state index contributed by atoms with van der Waals surface area (Å²) in [6.45, 7) is 4.70. The predicted octanol–water partition coefficient (Wildman–Crippen LogP) is 4.21. The van der Waals surface area contributed by atoms with Crippen LogP contribution in [0.1, 0.15) is 38.0 Å². The Morgan fingerprint density at radius 3 is 2.75 bits per heavy atom. The van der Waals surface area contributed by atoms with Crippen LogP contribution in [0.3, 0.4) is 0 Å². The molecule has 0 saturated heterocycles. The normalized spacial score (nSPS) is 35.2. The van der Waals surface area contributed by atoms with Crippen LogP contribution < -0.4 is 5.73 Å². The molecule has 90 valence electrons. The van der Waals surface area contributed by atoms with Crippen molar-refractivity contribution in [2.24, 2.45) is 17.6 Å². The second kappa shape index (κ2) is 4.79. The Morgan fingerprint density at radius 2 is 2.19 bits per heavy atom. The van der Waals surface area contributed by atoms with Gasteiger partial charge in [0.1, 0.15) is 0 Å². The maximum atomic E-state index is 6.54. The van der Waals surface area contributed by atoms with Crippen molar-refractivity contribution in [3.63, 3.8) is 0 Å². The third kappa shape index (κ3) is 2.88. The molecule has 0 radical (unpaired) electrons. The van der Waals surface area contributed by atoms with Crippen LogP contribution >= 0.6 is 27.3 Å². The van der Waals surface area contributed by atoms with Crippen molar-refractivity contribution in [2.75, 3.05) is 0 Å². The van der Waals surface area contributed by atoms with Gasteiger partial charge >= 0.3 is 0 Å². The van der Waals surface area contributed by atoms with Crippen LogP contribution in [0, 0.1) is 11.8 Å². The van der Waals surface area contributed by atoms with Crippen molar-refractivity contribution >= 4 is 27.3 Å². The second-order valence-electron chi connectivity index (χ2n) is 5.44. The summed E-state index contributed by atoms with van der Waals surface area (Å²) in [6.07, 6.45) is 4.67.